The van der Waals surface area contributed by atoms with Crippen LogP contribution in [0.5, 0.6) is 0 Å². The average Bonchev–Trinajstić information content (AvgIpc) is 2.88. The highest BCUT2D eigenvalue weighted by atomic mass is 32.2. The number of aryl methyl sites for hydroxylation is 1. The Bertz CT molecular complexity index is 1470. The lowest BCUT2D eigenvalue weighted by molar-refractivity contribution is -0.140. The first-order valence-corrected chi connectivity index (χ1v) is 13.3. The number of halogens is 4. The van der Waals surface area contributed by atoms with E-state index in [2.05, 4.69) is 0 Å². The molecule has 1 aliphatic rings. The fourth-order valence-electron chi connectivity index (χ4n) is 4.63. The van der Waals surface area contributed by atoms with E-state index in [1.807, 2.05) is 0 Å². The van der Waals surface area contributed by atoms with Crippen molar-refractivity contribution in [3.63, 3.8) is 0 Å². The SMILES string of the molecule is CCOC(=O)C1=CC[C@@H](c2ccccc2C(F)(F)F)N(S(=O)(=O)c2ccc(C)cc2)[C@H]1c1ccccc1F. The Balaban J connectivity index is 2.04. The zero-order chi connectivity index (χ0) is 27.7. The van der Waals surface area contributed by atoms with Crippen LogP contribution in [0.25, 0.3) is 0 Å². The van der Waals surface area contributed by atoms with Crippen LogP contribution in [0, 0.1) is 12.7 Å². The van der Waals surface area contributed by atoms with Crippen molar-refractivity contribution in [1.29, 1.82) is 0 Å². The van der Waals surface area contributed by atoms with Gasteiger partial charge in [-0.25, -0.2) is 17.6 Å². The number of nitrogens with zero attached hydrogens (tertiary/aromatic N) is 1. The Labute approximate surface area is 218 Å². The molecule has 0 radical (unpaired) electrons. The predicted molar refractivity (Wildman–Crippen MR) is 133 cm³/mol. The van der Waals surface area contributed by atoms with Gasteiger partial charge in [-0.05, 0) is 50.1 Å². The minimum atomic E-state index is -4.78. The molecule has 0 aromatic heterocycles. The molecule has 0 fully saturated rings. The lowest BCUT2D eigenvalue weighted by atomic mass is 9.87. The van der Waals surface area contributed by atoms with Crippen molar-refractivity contribution in [2.45, 2.75) is 43.4 Å². The van der Waals surface area contributed by atoms with Crippen LogP contribution in [0.2, 0.25) is 0 Å². The second-order valence-electron chi connectivity index (χ2n) is 8.79. The quantitative estimate of drug-likeness (QED) is 0.260. The summed E-state index contributed by atoms with van der Waals surface area (Å²) in [7, 11) is -4.58. The fraction of sp³-hybridized carbons (Fsp3) is 0.250. The molecule has 10 heteroatoms. The average molecular weight is 548 g/mol. The van der Waals surface area contributed by atoms with Crippen molar-refractivity contribution in [3.8, 4) is 0 Å². The van der Waals surface area contributed by atoms with Gasteiger partial charge in [0.2, 0.25) is 10.0 Å². The van der Waals surface area contributed by atoms with E-state index in [4.69, 9.17) is 4.74 Å². The zero-order valence-corrected chi connectivity index (χ0v) is 21.4. The molecule has 2 atom stereocenters. The molecule has 0 spiro atoms. The van der Waals surface area contributed by atoms with Crippen LogP contribution >= 0.6 is 0 Å². The summed E-state index contributed by atoms with van der Waals surface area (Å²) in [5, 5.41) is 0. The third-order valence-electron chi connectivity index (χ3n) is 6.35. The second-order valence-corrected chi connectivity index (χ2v) is 10.6. The van der Waals surface area contributed by atoms with E-state index in [1.54, 1.807) is 26.0 Å². The van der Waals surface area contributed by atoms with E-state index in [0.717, 1.165) is 22.0 Å². The molecule has 0 N–H and O–H groups in total. The molecule has 3 aromatic rings. The van der Waals surface area contributed by atoms with Gasteiger partial charge in [0.25, 0.3) is 0 Å². The molecule has 0 saturated carbocycles. The van der Waals surface area contributed by atoms with Crippen molar-refractivity contribution in [2.24, 2.45) is 0 Å². The largest absolute Gasteiger partial charge is 0.463 e. The van der Waals surface area contributed by atoms with Gasteiger partial charge >= 0.3 is 12.1 Å². The van der Waals surface area contributed by atoms with Crippen molar-refractivity contribution in [2.75, 3.05) is 6.61 Å². The summed E-state index contributed by atoms with van der Waals surface area (Å²) >= 11 is 0. The molecule has 0 aliphatic carbocycles. The number of hydrogen-bond acceptors (Lipinski definition) is 4. The molecule has 200 valence electrons. The molecular formula is C28H25F4NO4S. The Morgan fingerprint density at radius 2 is 1.58 bits per heavy atom. The van der Waals surface area contributed by atoms with Crippen LogP contribution in [0.15, 0.2) is 89.3 Å². The van der Waals surface area contributed by atoms with Crippen LogP contribution in [0.3, 0.4) is 0 Å². The number of carbonyl (C=O) groups excluding carboxylic acids is 1. The number of ether oxygens (including phenoxy) is 1. The molecule has 1 aliphatic heterocycles. The first kappa shape index (κ1) is 27.5. The van der Waals surface area contributed by atoms with E-state index in [-0.39, 0.29) is 34.6 Å². The summed E-state index contributed by atoms with van der Waals surface area (Å²) in [6, 6.07) is 12.7. The van der Waals surface area contributed by atoms with E-state index in [1.165, 1.54) is 54.6 Å². The van der Waals surface area contributed by atoms with Crippen LogP contribution in [-0.2, 0) is 25.7 Å². The van der Waals surface area contributed by atoms with Gasteiger partial charge in [0, 0.05) is 5.56 Å². The monoisotopic (exact) mass is 547 g/mol. The Hall–Kier alpha value is -3.50. The summed E-state index contributed by atoms with van der Waals surface area (Å²) in [6.07, 6.45) is -3.71. The number of hydrogen-bond donors (Lipinski definition) is 0. The van der Waals surface area contributed by atoms with Gasteiger partial charge < -0.3 is 4.74 Å². The Morgan fingerprint density at radius 1 is 0.974 bits per heavy atom. The highest BCUT2D eigenvalue weighted by Gasteiger charge is 2.47. The number of benzene rings is 3. The smallest absolute Gasteiger partial charge is 0.416 e. The van der Waals surface area contributed by atoms with Crippen LogP contribution < -0.4 is 0 Å². The summed E-state index contributed by atoms with van der Waals surface area (Å²) in [4.78, 5) is 12.8. The molecule has 0 amide bonds. The summed E-state index contributed by atoms with van der Waals surface area (Å²) in [5.74, 6) is -1.70. The minimum Gasteiger partial charge on any atom is -0.463 e. The van der Waals surface area contributed by atoms with Gasteiger partial charge in [0.1, 0.15) is 5.82 Å². The van der Waals surface area contributed by atoms with Gasteiger partial charge in [-0.2, -0.15) is 17.5 Å². The van der Waals surface area contributed by atoms with E-state index >= 15 is 4.39 Å². The standard InChI is InChI=1S/C28H25F4NO4S/c1-3-37-27(34)22-16-17-25(20-8-4-6-10-23(20)28(30,31)32)33(26(22)21-9-5-7-11-24(21)29)38(35,36)19-14-12-18(2)13-15-19/h4-16,25-26H,3,17H2,1-2H3/t25-,26-/m0/s1. The third-order valence-corrected chi connectivity index (χ3v) is 8.24. The number of rotatable bonds is 6. The molecule has 0 saturated heterocycles. The number of carbonyl (C=O) groups is 1. The predicted octanol–water partition coefficient (Wildman–Crippen LogP) is 6.52. The topological polar surface area (TPSA) is 63.7 Å². The summed E-state index contributed by atoms with van der Waals surface area (Å²) in [6.45, 7) is 3.28. The molecular weight excluding hydrogens is 522 g/mol. The number of alkyl halides is 3. The normalized spacial score (nSPS) is 18.6. The van der Waals surface area contributed by atoms with Crippen molar-refractivity contribution in [1.82, 2.24) is 4.31 Å². The highest BCUT2D eigenvalue weighted by Crippen LogP contribution is 2.48. The van der Waals surface area contributed by atoms with Crippen LogP contribution in [-0.4, -0.2) is 25.3 Å². The molecule has 3 aromatic carbocycles. The maximum atomic E-state index is 15.2. The minimum absolute atomic E-state index is 0.0365. The molecule has 0 unspecified atom stereocenters. The summed E-state index contributed by atoms with van der Waals surface area (Å²) < 4.78 is 91.8. The van der Waals surface area contributed by atoms with Gasteiger partial charge in [0.05, 0.1) is 34.7 Å². The summed E-state index contributed by atoms with van der Waals surface area (Å²) in [5.41, 5.74) is -0.921. The highest BCUT2D eigenvalue weighted by molar-refractivity contribution is 7.89. The fourth-order valence-corrected chi connectivity index (χ4v) is 6.39. The Kier molecular flexibility index (Phi) is 7.75. The Morgan fingerprint density at radius 3 is 2.18 bits per heavy atom. The van der Waals surface area contributed by atoms with Gasteiger partial charge in [-0.15, -0.1) is 0 Å². The van der Waals surface area contributed by atoms with Crippen molar-refractivity contribution < 1.29 is 35.5 Å². The first-order valence-electron chi connectivity index (χ1n) is 11.8. The van der Waals surface area contributed by atoms with Gasteiger partial charge in [-0.3, -0.25) is 0 Å². The van der Waals surface area contributed by atoms with E-state index in [9.17, 15) is 26.4 Å². The number of sulfonamides is 1. The van der Waals surface area contributed by atoms with Crippen LogP contribution in [0.1, 0.15) is 47.7 Å². The van der Waals surface area contributed by atoms with E-state index in [0.29, 0.717) is 0 Å². The first-order chi connectivity index (χ1) is 18.0. The van der Waals surface area contributed by atoms with Crippen molar-refractivity contribution in [3.05, 3.63) is 113 Å². The molecule has 1 heterocycles. The van der Waals surface area contributed by atoms with Crippen LogP contribution in [0.4, 0.5) is 17.6 Å². The number of esters is 1. The van der Waals surface area contributed by atoms with Gasteiger partial charge in [-0.1, -0.05) is 60.2 Å². The maximum absolute atomic E-state index is 15.2. The van der Waals surface area contributed by atoms with Gasteiger partial charge in [0.15, 0.2) is 0 Å². The lowest BCUT2D eigenvalue weighted by Crippen LogP contribution is -2.43. The molecule has 38 heavy (non-hydrogen) atoms. The maximum Gasteiger partial charge on any atom is 0.416 e. The zero-order valence-electron chi connectivity index (χ0n) is 20.6. The molecule has 4 rings (SSSR count). The molecule has 0 bridgehead atoms. The van der Waals surface area contributed by atoms with Crippen molar-refractivity contribution >= 4 is 16.0 Å². The third kappa shape index (κ3) is 5.23. The second kappa shape index (κ2) is 10.7. The lowest BCUT2D eigenvalue weighted by Gasteiger charge is -2.41. The molecule has 5 nitrogen and oxygen atoms in total. The van der Waals surface area contributed by atoms with E-state index < -0.39 is 45.6 Å².